The van der Waals surface area contributed by atoms with E-state index in [0.717, 1.165) is 11.3 Å². The average molecular weight is 346 g/mol. The van der Waals surface area contributed by atoms with Gasteiger partial charge in [0.25, 0.3) is 5.91 Å². The van der Waals surface area contributed by atoms with E-state index in [0.29, 0.717) is 24.3 Å². The predicted octanol–water partition coefficient (Wildman–Crippen LogP) is 1.81. The minimum atomic E-state index is -3.49. The van der Waals surface area contributed by atoms with Gasteiger partial charge in [-0.2, -0.15) is 0 Å². The Morgan fingerprint density at radius 2 is 2.00 bits per heavy atom. The number of sulfonamides is 1. The second-order valence-electron chi connectivity index (χ2n) is 5.44. The SMILES string of the molecule is CNS(=O)(=O)c1ccc2c(c1)CCN2C(=O)c1cccc(OC)c1. The fourth-order valence-electron chi connectivity index (χ4n) is 2.79. The lowest BCUT2D eigenvalue weighted by Gasteiger charge is -2.18. The molecule has 0 saturated carbocycles. The Hall–Kier alpha value is -2.38. The van der Waals surface area contributed by atoms with Crippen LogP contribution in [0, 0.1) is 0 Å². The zero-order valence-electron chi connectivity index (χ0n) is 13.4. The largest absolute Gasteiger partial charge is 0.497 e. The van der Waals surface area contributed by atoms with Gasteiger partial charge in [0.2, 0.25) is 10.0 Å². The second-order valence-corrected chi connectivity index (χ2v) is 7.32. The van der Waals surface area contributed by atoms with Crippen LogP contribution >= 0.6 is 0 Å². The van der Waals surface area contributed by atoms with Crippen LogP contribution in [-0.2, 0) is 16.4 Å². The van der Waals surface area contributed by atoms with E-state index < -0.39 is 10.0 Å². The third-order valence-electron chi connectivity index (χ3n) is 4.09. The molecule has 0 radical (unpaired) electrons. The highest BCUT2D eigenvalue weighted by Gasteiger charge is 2.27. The minimum absolute atomic E-state index is 0.128. The smallest absolute Gasteiger partial charge is 0.258 e. The van der Waals surface area contributed by atoms with E-state index >= 15 is 0 Å². The first-order chi connectivity index (χ1) is 11.5. The summed E-state index contributed by atoms with van der Waals surface area (Å²) in [7, 11) is -0.558. The number of ether oxygens (including phenoxy) is 1. The van der Waals surface area contributed by atoms with Gasteiger partial charge in [0.15, 0.2) is 0 Å². The minimum Gasteiger partial charge on any atom is -0.497 e. The zero-order chi connectivity index (χ0) is 17.3. The third-order valence-corrected chi connectivity index (χ3v) is 5.50. The maximum absolute atomic E-state index is 12.8. The van der Waals surface area contributed by atoms with E-state index in [4.69, 9.17) is 4.74 Å². The van der Waals surface area contributed by atoms with Crippen LogP contribution in [0.25, 0.3) is 0 Å². The van der Waals surface area contributed by atoms with Crippen molar-refractivity contribution in [1.29, 1.82) is 0 Å². The van der Waals surface area contributed by atoms with Gasteiger partial charge in [-0.3, -0.25) is 4.79 Å². The number of methoxy groups -OCH3 is 1. The quantitative estimate of drug-likeness (QED) is 0.916. The Bertz CT molecular complexity index is 893. The van der Waals surface area contributed by atoms with Crippen molar-refractivity contribution in [3.05, 3.63) is 53.6 Å². The molecule has 6 nitrogen and oxygen atoms in total. The average Bonchev–Trinajstić information content (AvgIpc) is 3.04. The van der Waals surface area contributed by atoms with Crippen LogP contribution in [0.3, 0.4) is 0 Å². The van der Waals surface area contributed by atoms with Gasteiger partial charge in [0.1, 0.15) is 5.75 Å². The molecule has 0 unspecified atom stereocenters. The van der Waals surface area contributed by atoms with Crippen LogP contribution in [-0.4, -0.2) is 35.0 Å². The first-order valence-corrected chi connectivity index (χ1v) is 8.97. The van der Waals surface area contributed by atoms with E-state index in [9.17, 15) is 13.2 Å². The van der Waals surface area contributed by atoms with E-state index in [1.165, 1.54) is 13.1 Å². The summed E-state index contributed by atoms with van der Waals surface area (Å²) in [6.07, 6.45) is 0.623. The number of hydrogen-bond acceptors (Lipinski definition) is 4. The van der Waals surface area contributed by atoms with E-state index in [1.54, 1.807) is 48.4 Å². The lowest BCUT2D eigenvalue weighted by molar-refractivity contribution is 0.0989. The van der Waals surface area contributed by atoms with Gasteiger partial charge in [-0.1, -0.05) is 6.07 Å². The van der Waals surface area contributed by atoms with Gasteiger partial charge < -0.3 is 9.64 Å². The Morgan fingerprint density at radius 1 is 1.21 bits per heavy atom. The van der Waals surface area contributed by atoms with Crippen molar-refractivity contribution in [1.82, 2.24) is 4.72 Å². The molecule has 126 valence electrons. The lowest BCUT2D eigenvalue weighted by Crippen LogP contribution is -2.28. The molecule has 0 atom stereocenters. The summed E-state index contributed by atoms with van der Waals surface area (Å²) in [6.45, 7) is 0.522. The van der Waals surface area contributed by atoms with Crippen LogP contribution in [0.15, 0.2) is 47.4 Å². The number of rotatable bonds is 4. The number of amides is 1. The molecule has 3 rings (SSSR count). The molecule has 2 aromatic carbocycles. The number of carbonyl (C=O) groups is 1. The molecule has 1 N–H and O–H groups in total. The molecule has 1 heterocycles. The second kappa shape index (κ2) is 6.26. The molecular formula is C17H18N2O4S. The Balaban J connectivity index is 1.93. The van der Waals surface area contributed by atoms with Crippen molar-refractivity contribution in [2.75, 3.05) is 25.6 Å². The van der Waals surface area contributed by atoms with Crippen molar-refractivity contribution >= 4 is 21.6 Å². The molecule has 0 fully saturated rings. The van der Waals surface area contributed by atoms with Crippen LogP contribution < -0.4 is 14.4 Å². The molecule has 1 aliphatic heterocycles. The van der Waals surface area contributed by atoms with Gasteiger partial charge in [0, 0.05) is 17.8 Å². The molecular weight excluding hydrogens is 328 g/mol. The molecule has 2 aromatic rings. The molecule has 0 saturated heterocycles. The maximum atomic E-state index is 12.8. The van der Waals surface area contributed by atoms with E-state index in [2.05, 4.69) is 4.72 Å². The number of fused-ring (bicyclic) bond motifs is 1. The molecule has 1 amide bonds. The Kier molecular flexibility index (Phi) is 4.29. The summed E-state index contributed by atoms with van der Waals surface area (Å²) in [5.41, 5.74) is 2.13. The van der Waals surface area contributed by atoms with Gasteiger partial charge in [-0.15, -0.1) is 0 Å². The normalized spacial score (nSPS) is 13.7. The third kappa shape index (κ3) is 2.88. The molecule has 0 aromatic heterocycles. The summed E-state index contributed by atoms with van der Waals surface area (Å²) in [5.74, 6) is 0.493. The fourth-order valence-corrected chi connectivity index (χ4v) is 3.57. The zero-order valence-corrected chi connectivity index (χ0v) is 14.3. The maximum Gasteiger partial charge on any atom is 0.258 e. The van der Waals surface area contributed by atoms with Crippen LogP contribution in [0.5, 0.6) is 5.75 Å². The number of carbonyl (C=O) groups excluding carboxylic acids is 1. The van der Waals surface area contributed by atoms with Gasteiger partial charge in [-0.25, -0.2) is 13.1 Å². The highest BCUT2D eigenvalue weighted by atomic mass is 32.2. The molecule has 0 spiro atoms. The van der Waals surface area contributed by atoms with E-state index in [-0.39, 0.29) is 10.8 Å². The van der Waals surface area contributed by atoms with Crippen molar-refractivity contribution in [2.45, 2.75) is 11.3 Å². The number of nitrogens with zero attached hydrogens (tertiary/aromatic N) is 1. The van der Waals surface area contributed by atoms with E-state index in [1.807, 2.05) is 0 Å². The number of benzene rings is 2. The van der Waals surface area contributed by atoms with Crippen molar-refractivity contribution in [2.24, 2.45) is 0 Å². The number of hydrogen-bond donors (Lipinski definition) is 1. The van der Waals surface area contributed by atoms with Crippen LogP contribution in [0.4, 0.5) is 5.69 Å². The van der Waals surface area contributed by atoms with Crippen LogP contribution in [0.1, 0.15) is 15.9 Å². The summed E-state index contributed by atoms with van der Waals surface area (Å²) in [6, 6.07) is 11.8. The predicted molar refractivity (Wildman–Crippen MR) is 91.1 cm³/mol. The van der Waals surface area contributed by atoms with Gasteiger partial charge in [0.05, 0.1) is 12.0 Å². The van der Waals surface area contributed by atoms with Crippen LogP contribution in [0.2, 0.25) is 0 Å². The topological polar surface area (TPSA) is 75.7 Å². The van der Waals surface area contributed by atoms with Crippen molar-refractivity contribution < 1.29 is 17.9 Å². The summed E-state index contributed by atoms with van der Waals surface area (Å²) in [5, 5.41) is 0. The monoisotopic (exact) mass is 346 g/mol. The summed E-state index contributed by atoms with van der Waals surface area (Å²) >= 11 is 0. The first kappa shape index (κ1) is 16.5. The van der Waals surface area contributed by atoms with Crippen molar-refractivity contribution in [3.8, 4) is 5.75 Å². The number of anilines is 1. The molecule has 7 heteroatoms. The fraction of sp³-hybridized carbons (Fsp3) is 0.235. The molecule has 0 aliphatic carbocycles. The summed E-state index contributed by atoms with van der Waals surface area (Å²) in [4.78, 5) is 14.6. The Morgan fingerprint density at radius 3 is 2.71 bits per heavy atom. The number of nitrogens with one attached hydrogen (secondary N) is 1. The molecule has 24 heavy (non-hydrogen) atoms. The standard InChI is InChI=1S/C17H18N2O4S/c1-18-24(21,22)15-6-7-16-12(11-15)8-9-19(16)17(20)13-4-3-5-14(10-13)23-2/h3-7,10-11,18H,8-9H2,1-2H3. The molecule has 1 aliphatic rings. The van der Waals surface area contributed by atoms with Gasteiger partial charge >= 0.3 is 0 Å². The lowest BCUT2D eigenvalue weighted by atomic mass is 10.1. The first-order valence-electron chi connectivity index (χ1n) is 7.48. The Labute approximate surface area is 141 Å². The van der Waals surface area contributed by atoms with Crippen molar-refractivity contribution in [3.63, 3.8) is 0 Å². The highest BCUT2D eigenvalue weighted by molar-refractivity contribution is 7.89. The molecule has 0 bridgehead atoms. The van der Waals surface area contributed by atoms with Gasteiger partial charge in [-0.05, 0) is 55.4 Å². The summed E-state index contributed by atoms with van der Waals surface area (Å²) < 4.78 is 31.3. The highest BCUT2D eigenvalue weighted by Crippen LogP contribution is 2.31.